The summed E-state index contributed by atoms with van der Waals surface area (Å²) in [4.78, 5) is 14.1. The summed E-state index contributed by atoms with van der Waals surface area (Å²) >= 11 is 0. The molecule has 3 unspecified atom stereocenters. The number of nitrogens with zero attached hydrogens (tertiary/aromatic N) is 1. The molecule has 0 aliphatic carbocycles. The topological polar surface area (TPSA) is 129 Å². The van der Waals surface area contributed by atoms with Crippen molar-refractivity contribution in [2.75, 3.05) is 92.2 Å². The molecule has 2 aromatic carbocycles. The predicted octanol–water partition coefficient (Wildman–Crippen LogP) is 2.94. The number of carbonyl (C=O) groups excluding carboxylic acids is 1. The van der Waals surface area contributed by atoms with Crippen molar-refractivity contribution < 1.29 is 43.1 Å². The summed E-state index contributed by atoms with van der Waals surface area (Å²) in [5.74, 6) is 0. The molecule has 256 valence electrons. The molecule has 3 atom stereocenters. The van der Waals surface area contributed by atoms with E-state index in [1.54, 1.807) is 0 Å². The van der Waals surface area contributed by atoms with Gasteiger partial charge in [0.2, 0.25) is 0 Å². The SMILES string of the molecule is CCNC(=O)NCc1ccc(C2OC(CN3CCOCCOCCOCCOCCOCC3)CC(c3ccc(CO)cc3)O2)cc1. The van der Waals surface area contributed by atoms with Crippen LogP contribution in [0.5, 0.6) is 0 Å². The molecule has 0 bridgehead atoms. The molecule has 46 heavy (non-hydrogen) atoms. The van der Waals surface area contributed by atoms with Gasteiger partial charge in [0.15, 0.2) is 6.29 Å². The third-order valence-corrected chi connectivity index (χ3v) is 7.71. The molecule has 2 fully saturated rings. The molecule has 12 nitrogen and oxygen atoms in total. The first-order chi connectivity index (χ1) is 22.6. The van der Waals surface area contributed by atoms with Crippen LogP contribution in [-0.2, 0) is 46.3 Å². The van der Waals surface area contributed by atoms with Gasteiger partial charge in [0.1, 0.15) is 0 Å². The minimum absolute atomic E-state index is 0.00670. The zero-order valence-corrected chi connectivity index (χ0v) is 27.0. The smallest absolute Gasteiger partial charge is 0.315 e. The summed E-state index contributed by atoms with van der Waals surface area (Å²) in [6, 6.07) is 15.6. The van der Waals surface area contributed by atoms with Crippen LogP contribution in [0, 0.1) is 0 Å². The fraction of sp³-hybridized carbons (Fsp3) is 0.618. The number of aliphatic hydroxyl groups is 1. The third-order valence-electron chi connectivity index (χ3n) is 7.71. The predicted molar refractivity (Wildman–Crippen MR) is 171 cm³/mol. The average Bonchev–Trinajstić information content (AvgIpc) is 3.08. The van der Waals surface area contributed by atoms with Crippen molar-refractivity contribution in [1.82, 2.24) is 15.5 Å². The Labute approximate surface area is 272 Å². The van der Waals surface area contributed by atoms with Gasteiger partial charge in [-0.1, -0.05) is 48.5 Å². The fourth-order valence-electron chi connectivity index (χ4n) is 5.18. The van der Waals surface area contributed by atoms with Gasteiger partial charge in [-0.15, -0.1) is 0 Å². The van der Waals surface area contributed by atoms with Crippen molar-refractivity contribution in [3.8, 4) is 0 Å². The van der Waals surface area contributed by atoms with Gasteiger partial charge in [-0.25, -0.2) is 4.79 Å². The summed E-state index contributed by atoms with van der Waals surface area (Å²) in [6.07, 6.45) is -0.213. The summed E-state index contributed by atoms with van der Waals surface area (Å²) in [5.41, 5.74) is 3.77. The Balaban J connectivity index is 1.41. The highest BCUT2D eigenvalue weighted by Crippen LogP contribution is 2.38. The fourth-order valence-corrected chi connectivity index (χ4v) is 5.18. The van der Waals surface area contributed by atoms with Crippen LogP contribution < -0.4 is 10.6 Å². The Morgan fingerprint density at radius 2 is 1.24 bits per heavy atom. The van der Waals surface area contributed by atoms with Crippen molar-refractivity contribution in [2.45, 2.75) is 45.0 Å². The van der Waals surface area contributed by atoms with E-state index in [9.17, 15) is 9.90 Å². The van der Waals surface area contributed by atoms with Crippen LogP contribution in [0.1, 0.15) is 48.0 Å². The normalized spacial score (nSPS) is 23.6. The summed E-state index contributed by atoms with van der Waals surface area (Å²) in [5, 5.41) is 15.1. The lowest BCUT2D eigenvalue weighted by Crippen LogP contribution is -2.42. The Morgan fingerprint density at radius 3 is 1.78 bits per heavy atom. The molecule has 0 spiro atoms. The van der Waals surface area contributed by atoms with Crippen molar-refractivity contribution >= 4 is 6.03 Å². The molecule has 3 N–H and O–H groups in total. The van der Waals surface area contributed by atoms with Gasteiger partial charge in [0.05, 0.1) is 84.9 Å². The molecule has 0 radical (unpaired) electrons. The molecule has 2 amide bonds. The second-order valence-electron chi connectivity index (χ2n) is 11.2. The van der Waals surface area contributed by atoms with Gasteiger partial charge in [0, 0.05) is 44.7 Å². The lowest BCUT2D eigenvalue weighted by atomic mass is 9.99. The monoisotopic (exact) mass is 645 g/mol. The number of ether oxygens (including phenoxy) is 7. The van der Waals surface area contributed by atoms with Crippen molar-refractivity contribution in [2.24, 2.45) is 0 Å². The molecule has 12 heteroatoms. The maximum Gasteiger partial charge on any atom is 0.315 e. The number of nitrogens with one attached hydrogen (secondary N) is 2. The second kappa shape index (κ2) is 21.3. The highest BCUT2D eigenvalue weighted by molar-refractivity contribution is 5.73. The Hall–Kier alpha value is -2.65. The zero-order chi connectivity index (χ0) is 32.2. The first-order valence-electron chi connectivity index (χ1n) is 16.4. The summed E-state index contributed by atoms with van der Waals surface area (Å²) in [6.45, 7) is 10.3. The molecule has 2 heterocycles. The highest BCUT2D eigenvalue weighted by atomic mass is 16.7. The lowest BCUT2D eigenvalue weighted by Gasteiger charge is -2.38. The van der Waals surface area contributed by atoms with Gasteiger partial charge in [-0.2, -0.15) is 0 Å². The van der Waals surface area contributed by atoms with Crippen LogP contribution in [0.2, 0.25) is 0 Å². The molecular weight excluding hydrogens is 594 g/mol. The number of carbonyl (C=O) groups is 1. The standard InChI is InChI=1S/C34H51N3O9/c1-2-35-34(39)36-24-27-3-9-30(10-4-27)33-45-31(23-32(46-33)29-7-5-28(26-38)6-8-29)25-37-11-13-40-15-17-42-19-21-44-22-20-43-18-16-41-14-12-37/h3-10,31-33,38H,2,11-26H2,1H3,(H2,35,36,39). The second-order valence-corrected chi connectivity index (χ2v) is 11.2. The molecule has 2 aliphatic rings. The van der Waals surface area contributed by atoms with Crippen LogP contribution in [0.4, 0.5) is 4.79 Å². The number of hydrogen-bond acceptors (Lipinski definition) is 10. The Kier molecular flexibility index (Phi) is 16.7. The number of amides is 2. The van der Waals surface area contributed by atoms with Crippen LogP contribution in [0.3, 0.4) is 0 Å². The Morgan fingerprint density at radius 1 is 0.717 bits per heavy atom. The van der Waals surface area contributed by atoms with E-state index in [0.717, 1.165) is 35.3 Å². The number of rotatable bonds is 8. The molecule has 0 saturated carbocycles. The van der Waals surface area contributed by atoms with E-state index in [2.05, 4.69) is 15.5 Å². The van der Waals surface area contributed by atoms with Crippen LogP contribution >= 0.6 is 0 Å². The molecule has 2 aromatic rings. The van der Waals surface area contributed by atoms with Crippen LogP contribution in [0.15, 0.2) is 48.5 Å². The van der Waals surface area contributed by atoms with E-state index < -0.39 is 6.29 Å². The minimum atomic E-state index is -0.571. The maximum atomic E-state index is 11.8. The van der Waals surface area contributed by atoms with Gasteiger partial charge in [-0.05, 0) is 23.6 Å². The third kappa shape index (κ3) is 13.2. The van der Waals surface area contributed by atoms with E-state index in [1.165, 1.54) is 0 Å². The first kappa shape index (κ1) is 36.2. The first-order valence-corrected chi connectivity index (χ1v) is 16.4. The van der Waals surface area contributed by atoms with Crippen molar-refractivity contribution in [3.05, 3.63) is 70.8 Å². The van der Waals surface area contributed by atoms with Gasteiger partial charge < -0.3 is 48.9 Å². The quantitative estimate of drug-likeness (QED) is 0.394. The van der Waals surface area contributed by atoms with E-state index >= 15 is 0 Å². The van der Waals surface area contributed by atoms with Crippen LogP contribution in [0.25, 0.3) is 0 Å². The van der Waals surface area contributed by atoms with Crippen molar-refractivity contribution in [1.29, 1.82) is 0 Å². The van der Waals surface area contributed by atoms with Gasteiger partial charge in [-0.3, -0.25) is 4.90 Å². The molecule has 2 saturated heterocycles. The molecule has 0 aromatic heterocycles. The summed E-state index contributed by atoms with van der Waals surface area (Å²) < 4.78 is 41.6. The van der Waals surface area contributed by atoms with Crippen molar-refractivity contribution in [3.63, 3.8) is 0 Å². The van der Waals surface area contributed by atoms with E-state index in [0.29, 0.717) is 92.1 Å². The Bertz CT molecular complexity index is 1090. The molecule has 2 aliphatic heterocycles. The molecular formula is C34H51N3O9. The van der Waals surface area contributed by atoms with Crippen LogP contribution in [-0.4, -0.2) is 114 Å². The number of benzene rings is 2. The van der Waals surface area contributed by atoms with E-state index in [4.69, 9.17) is 33.2 Å². The van der Waals surface area contributed by atoms with Gasteiger partial charge in [0.25, 0.3) is 0 Å². The van der Waals surface area contributed by atoms with Gasteiger partial charge >= 0.3 is 6.03 Å². The number of urea groups is 1. The number of aliphatic hydroxyl groups excluding tert-OH is 1. The maximum absolute atomic E-state index is 11.8. The van der Waals surface area contributed by atoms with E-state index in [1.807, 2.05) is 55.5 Å². The minimum Gasteiger partial charge on any atom is -0.392 e. The largest absolute Gasteiger partial charge is 0.392 e. The molecule has 4 rings (SSSR count). The summed E-state index contributed by atoms with van der Waals surface area (Å²) in [7, 11) is 0. The highest BCUT2D eigenvalue weighted by Gasteiger charge is 2.33. The lowest BCUT2D eigenvalue weighted by molar-refractivity contribution is -0.253. The zero-order valence-electron chi connectivity index (χ0n) is 27.0. The average molecular weight is 646 g/mol. The van der Waals surface area contributed by atoms with E-state index in [-0.39, 0.29) is 24.8 Å². The number of hydrogen-bond donors (Lipinski definition) is 3.